The second-order valence-electron chi connectivity index (χ2n) is 8.72. The number of nitrogens with zero attached hydrogens (tertiary/aromatic N) is 2. The van der Waals surface area contributed by atoms with Gasteiger partial charge in [0, 0.05) is 31.3 Å². The van der Waals surface area contributed by atoms with Crippen LogP contribution in [0.4, 0.5) is 5.69 Å². The van der Waals surface area contributed by atoms with Crippen LogP contribution in [0.25, 0.3) is 0 Å². The van der Waals surface area contributed by atoms with Gasteiger partial charge in [-0.1, -0.05) is 19.1 Å². The van der Waals surface area contributed by atoms with E-state index in [9.17, 15) is 4.79 Å². The molecule has 6 heteroatoms. The molecular formula is C26H34N2O4. The summed E-state index contributed by atoms with van der Waals surface area (Å²) < 4.78 is 17.5. The van der Waals surface area contributed by atoms with Crippen LogP contribution in [0.15, 0.2) is 42.5 Å². The molecule has 2 fully saturated rings. The fourth-order valence-electron chi connectivity index (χ4n) is 4.17. The molecule has 4 rings (SSSR count). The van der Waals surface area contributed by atoms with Crippen LogP contribution in [0, 0.1) is 0 Å². The summed E-state index contributed by atoms with van der Waals surface area (Å²) >= 11 is 0. The van der Waals surface area contributed by atoms with Gasteiger partial charge < -0.3 is 24.0 Å². The SMILES string of the molecule is CCCN(C)CCOc1ccc(N2CC[C@H](Oc3ccc(C4CC4)cc3)C2=O)cc1OC. The standard InChI is InChI=1S/C26H34N2O4/c1-4-14-27(2)16-17-31-23-12-9-21(18-25(23)30-3)28-15-13-24(26(28)29)32-22-10-7-20(8-11-22)19-5-6-19/h7-12,18-19,24H,4-6,13-17H2,1-3H3/t24-/m0/s1. The molecule has 1 atom stereocenters. The lowest BCUT2D eigenvalue weighted by Crippen LogP contribution is -2.32. The van der Waals surface area contributed by atoms with Crippen LogP contribution in [-0.4, -0.2) is 57.3 Å². The Hall–Kier alpha value is -2.73. The Balaban J connectivity index is 1.36. The molecule has 2 aromatic rings. The van der Waals surface area contributed by atoms with Crippen LogP contribution in [0.1, 0.15) is 44.1 Å². The summed E-state index contributed by atoms with van der Waals surface area (Å²) in [4.78, 5) is 17.0. The molecular weight excluding hydrogens is 404 g/mol. The van der Waals surface area contributed by atoms with Gasteiger partial charge in [-0.25, -0.2) is 0 Å². The zero-order chi connectivity index (χ0) is 22.5. The quantitative estimate of drug-likeness (QED) is 0.518. The molecule has 1 aliphatic heterocycles. The van der Waals surface area contributed by atoms with Crippen molar-refractivity contribution in [3.8, 4) is 17.2 Å². The van der Waals surface area contributed by atoms with Gasteiger partial charge in [0.1, 0.15) is 12.4 Å². The van der Waals surface area contributed by atoms with E-state index in [4.69, 9.17) is 14.2 Å². The monoisotopic (exact) mass is 438 g/mol. The molecule has 0 aromatic heterocycles. The summed E-state index contributed by atoms with van der Waals surface area (Å²) in [7, 11) is 3.71. The van der Waals surface area contributed by atoms with E-state index < -0.39 is 6.10 Å². The summed E-state index contributed by atoms with van der Waals surface area (Å²) in [6, 6.07) is 13.9. The molecule has 1 aliphatic carbocycles. The molecule has 32 heavy (non-hydrogen) atoms. The van der Waals surface area contributed by atoms with E-state index in [1.54, 1.807) is 12.0 Å². The van der Waals surface area contributed by atoms with Crippen molar-refractivity contribution >= 4 is 11.6 Å². The lowest BCUT2D eigenvalue weighted by molar-refractivity contribution is -0.122. The van der Waals surface area contributed by atoms with Crippen molar-refractivity contribution in [2.75, 3.05) is 45.3 Å². The molecule has 2 aliphatic rings. The highest BCUT2D eigenvalue weighted by Crippen LogP contribution is 2.40. The number of carbonyl (C=O) groups excluding carboxylic acids is 1. The maximum Gasteiger partial charge on any atom is 0.268 e. The Kier molecular flexibility index (Phi) is 7.20. The second kappa shape index (κ2) is 10.3. The largest absolute Gasteiger partial charge is 0.493 e. The van der Waals surface area contributed by atoms with Crippen molar-refractivity contribution in [2.24, 2.45) is 0 Å². The van der Waals surface area contributed by atoms with Crippen LogP contribution < -0.4 is 19.1 Å². The van der Waals surface area contributed by atoms with Crippen LogP contribution in [0.5, 0.6) is 17.2 Å². The smallest absolute Gasteiger partial charge is 0.268 e. The number of likely N-dealkylation sites (N-methyl/N-ethyl adjacent to an activating group) is 1. The number of amides is 1. The Morgan fingerprint density at radius 3 is 2.50 bits per heavy atom. The molecule has 172 valence electrons. The fourth-order valence-corrected chi connectivity index (χ4v) is 4.17. The average molecular weight is 439 g/mol. The van der Waals surface area contributed by atoms with Crippen LogP contribution >= 0.6 is 0 Å². The maximum absolute atomic E-state index is 13.0. The molecule has 1 saturated heterocycles. The highest BCUT2D eigenvalue weighted by molar-refractivity contribution is 5.99. The maximum atomic E-state index is 13.0. The number of carbonyl (C=O) groups is 1. The van der Waals surface area contributed by atoms with Crippen LogP contribution in [-0.2, 0) is 4.79 Å². The molecule has 0 spiro atoms. The third kappa shape index (κ3) is 5.36. The number of benzene rings is 2. The first-order valence-electron chi connectivity index (χ1n) is 11.7. The first kappa shape index (κ1) is 22.5. The summed E-state index contributed by atoms with van der Waals surface area (Å²) in [6.45, 7) is 5.27. The minimum absolute atomic E-state index is 0.0202. The second-order valence-corrected chi connectivity index (χ2v) is 8.72. The van der Waals surface area contributed by atoms with Crippen LogP contribution in [0.3, 0.4) is 0 Å². The number of hydrogen-bond donors (Lipinski definition) is 0. The molecule has 2 aromatic carbocycles. The Morgan fingerprint density at radius 1 is 1.03 bits per heavy atom. The Bertz CT molecular complexity index is 911. The van der Waals surface area contributed by atoms with E-state index in [1.807, 2.05) is 30.3 Å². The van der Waals surface area contributed by atoms with E-state index >= 15 is 0 Å². The van der Waals surface area contributed by atoms with E-state index in [2.05, 4.69) is 31.0 Å². The van der Waals surface area contributed by atoms with Gasteiger partial charge in [0.15, 0.2) is 17.6 Å². The topological polar surface area (TPSA) is 51.2 Å². The van der Waals surface area contributed by atoms with Gasteiger partial charge in [-0.05, 0) is 68.6 Å². The van der Waals surface area contributed by atoms with Gasteiger partial charge in [-0.3, -0.25) is 4.79 Å². The zero-order valence-electron chi connectivity index (χ0n) is 19.4. The molecule has 0 N–H and O–H groups in total. The van der Waals surface area contributed by atoms with E-state index in [-0.39, 0.29) is 5.91 Å². The van der Waals surface area contributed by atoms with E-state index in [1.165, 1.54) is 18.4 Å². The fraction of sp³-hybridized carbons (Fsp3) is 0.500. The summed E-state index contributed by atoms with van der Waals surface area (Å²) in [6.07, 6.45) is 3.87. The third-order valence-electron chi connectivity index (χ3n) is 6.16. The Morgan fingerprint density at radius 2 is 1.81 bits per heavy atom. The molecule has 1 saturated carbocycles. The van der Waals surface area contributed by atoms with E-state index in [0.717, 1.165) is 30.9 Å². The summed E-state index contributed by atoms with van der Waals surface area (Å²) in [5.41, 5.74) is 2.17. The number of rotatable bonds is 11. The van der Waals surface area contributed by atoms with Gasteiger partial charge in [-0.2, -0.15) is 0 Å². The summed E-state index contributed by atoms with van der Waals surface area (Å²) in [5.74, 6) is 2.77. The first-order chi connectivity index (χ1) is 15.6. The first-order valence-corrected chi connectivity index (χ1v) is 11.7. The normalized spacial score (nSPS) is 18.3. The van der Waals surface area contributed by atoms with Crippen LogP contribution in [0.2, 0.25) is 0 Å². The van der Waals surface area contributed by atoms with Crippen molar-refractivity contribution in [1.82, 2.24) is 4.90 Å². The predicted molar refractivity (Wildman–Crippen MR) is 126 cm³/mol. The summed E-state index contributed by atoms with van der Waals surface area (Å²) in [5, 5.41) is 0. The zero-order valence-corrected chi connectivity index (χ0v) is 19.4. The molecule has 0 radical (unpaired) electrons. The minimum atomic E-state index is -0.460. The highest BCUT2D eigenvalue weighted by Gasteiger charge is 2.35. The number of anilines is 1. The molecule has 1 amide bonds. The third-order valence-corrected chi connectivity index (χ3v) is 6.16. The molecule has 0 bridgehead atoms. The molecule has 1 heterocycles. The highest BCUT2D eigenvalue weighted by atomic mass is 16.5. The lowest BCUT2D eigenvalue weighted by Gasteiger charge is -2.20. The predicted octanol–water partition coefficient (Wildman–Crippen LogP) is 4.48. The molecule has 6 nitrogen and oxygen atoms in total. The van der Waals surface area contributed by atoms with Crippen molar-refractivity contribution < 1.29 is 19.0 Å². The van der Waals surface area contributed by atoms with Gasteiger partial charge in [0.05, 0.1) is 7.11 Å². The van der Waals surface area contributed by atoms with Crippen molar-refractivity contribution in [1.29, 1.82) is 0 Å². The van der Waals surface area contributed by atoms with E-state index in [0.29, 0.717) is 37.0 Å². The van der Waals surface area contributed by atoms with Crippen molar-refractivity contribution in [2.45, 2.75) is 44.6 Å². The van der Waals surface area contributed by atoms with Gasteiger partial charge in [-0.15, -0.1) is 0 Å². The lowest BCUT2D eigenvalue weighted by atomic mass is 10.1. The van der Waals surface area contributed by atoms with Crippen molar-refractivity contribution in [3.05, 3.63) is 48.0 Å². The average Bonchev–Trinajstić information content (AvgIpc) is 3.59. The number of hydrogen-bond acceptors (Lipinski definition) is 5. The Labute approximate surface area is 191 Å². The van der Waals surface area contributed by atoms with Gasteiger partial charge >= 0.3 is 0 Å². The number of ether oxygens (including phenoxy) is 3. The van der Waals surface area contributed by atoms with Gasteiger partial charge in [0.2, 0.25) is 0 Å². The van der Waals surface area contributed by atoms with Gasteiger partial charge in [0.25, 0.3) is 5.91 Å². The number of methoxy groups -OCH3 is 1. The molecule has 0 unspecified atom stereocenters. The minimum Gasteiger partial charge on any atom is -0.493 e. The van der Waals surface area contributed by atoms with Crippen molar-refractivity contribution in [3.63, 3.8) is 0 Å².